The predicted octanol–water partition coefficient (Wildman–Crippen LogP) is 5.96. The van der Waals surface area contributed by atoms with Gasteiger partial charge >= 0.3 is 0 Å². The molecular weight excluding hydrogens is 536 g/mol. The molecule has 0 spiro atoms. The summed E-state index contributed by atoms with van der Waals surface area (Å²) in [5.41, 5.74) is 2.09. The number of aromatic hydroxyl groups is 1. The summed E-state index contributed by atoms with van der Waals surface area (Å²) < 4.78 is 7.70. The molecule has 0 amide bonds. The highest BCUT2D eigenvalue weighted by atomic mass is 79.9. The van der Waals surface area contributed by atoms with Crippen molar-refractivity contribution in [1.82, 2.24) is 0 Å². The first-order chi connectivity index (χ1) is 9.82. The lowest BCUT2D eigenvalue weighted by molar-refractivity contribution is 0.467. The van der Waals surface area contributed by atoms with Crippen LogP contribution in [-0.2, 0) is 0 Å². The number of rotatable bonds is 0. The number of halogens is 4. The van der Waals surface area contributed by atoms with Crippen LogP contribution in [0, 0.1) is 6.92 Å². The standard InChI is InChI=1S/C14H6Br4O3/c1-4-5-2-7(15)11(19)9(17)13(5)21-14-6(4)3-8(16)12(20)10(14)18/h2-3,19H,1H3. The lowest BCUT2D eigenvalue weighted by atomic mass is 10.0. The Balaban J connectivity index is 2.63. The lowest BCUT2D eigenvalue weighted by Crippen LogP contribution is -2.06. The Hall–Kier alpha value is -0.370. The largest absolute Gasteiger partial charge is 0.505 e. The summed E-state index contributed by atoms with van der Waals surface area (Å²) in [4.78, 5) is 12.0. The van der Waals surface area contributed by atoms with E-state index in [2.05, 4.69) is 63.7 Å². The third-order valence-corrected chi connectivity index (χ3v) is 5.94. The molecule has 1 aromatic carbocycles. The second-order valence-corrected chi connectivity index (χ2v) is 7.80. The molecular formula is C14H6Br4O3. The van der Waals surface area contributed by atoms with Gasteiger partial charge in [-0.15, -0.1) is 0 Å². The molecule has 7 heteroatoms. The maximum Gasteiger partial charge on any atom is 0.210 e. The van der Waals surface area contributed by atoms with E-state index in [1.165, 1.54) is 0 Å². The molecule has 0 fully saturated rings. The minimum atomic E-state index is -0.178. The summed E-state index contributed by atoms with van der Waals surface area (Å²) in [6.45, 7) is 1.94. The molecule has 108 valence electrons. The minimum Gasteiger partial charge on any atom is -0.505 e. The molecule has 1 aromatic rings. The second-order valence-electron chi connectivity index (χ2n) is 4.50. The quantitative estimate of drug-likeness (QED) is 0.357. The number of hydrogen-bond donors (Lipinski definition) is 1. The van der Waals surface area contributed by atoms with E-state index in [1.807, 2.05) is 6.92 Å². The Morgan fingerprint density at radius 3 is 2.38 bits per heavy atom. The summed E-state index contributed by atoms with van der Waals surface area (Å²) in [5, 5.41) is 10.8. The van der Waals surface area contributed by atoms with Crippen molar-refractivity contribution >= 4 is 74.7 Å². The molecule has 0 saturated carbocycles. The van der Waals surface area contributed by atoms with E-state index in [1.54, 1.807) is 12.1 Å². The summed E-state index contributed by atoms with van der Waals surface area (Å²) in [6, 6.07) is 3.54. The first kappa shape index (κ1) is 15.5. The molecule has 1 aliphatic carbocycles. The van der Waals surface area contributed by atoms with Gasteiger partial charge in [0.05, 0.1) is 8.95 Å². The minimum absolute atomic E-state index is 0.0561. The van der Waals surface area contributed by atoms with Gasteiger partial charge in [0, 0.05) is 10.9 Å². The average Bonchev–Trinajstić information content (AvgIpc) is 2.45. The molecule has 0 radical (unpaired) electrons. The highest BCUT2D eigenvalue weighted by Crippen LogP contribution is 2.44. The molecule has 3 nitrogen and oxygen atoms in total. The SMILES string of the molecule is Cc1c2cc(Br)c(=O)c(Br)c-2oc2c(Br)c(O)c(Br)cc12. The highest BCUT2D eigenvalue weighted by molar-refractivity contribution is 9.11. The second kappa shape index (κ2) is 5.37. The van der Waals surface area contributed by atoms with Gasteiger partial charge in [-0.25, -0.2) is 0 Å². The predicted molar refractivity (Wildman–Crippen MR) is 96.3 cm³/mol. The van der Waals surface area contributed by atoms with Crippen LogP contribution in [0.15, 0.2) is 39.2 Å². The van der Waals surface area contributed by atoms with Crippen molar-refractivity contribution in [2.75, 3.05) is 0 Å². The molecule has 0 aromatic heterocycles. The zero-order chi connectivity index (χ0) is 15.5. The molecule has 2 aliphatic rings. The smallest absolute Gasteiger partial charge is 0.210 e. The van der Waals surface area contributed by atoms with Gasteiger partial charge in [0.25, 0.3) is 0 Å². The normalized spacial score (nSPS) is 11.5. The van der Waals surface area contributed by atoms with E-state index in [4.69, 9.17) is 4.42 Å². The maximum absolute atomic E-state index is 12.0. The van der Waals surface area contributed by atoms with Crippen molar-refractivity contribution < 1.29 is 9.52 Å². The van der Waals surface area contributed by atoms with Crippen LogP contribution in [0.4, 0.5) is 0 Å². The average molecular weight is 542 g/mol. The summed E-state index contributed by atoms with van der Waals surface area (Å²) in [7, 11) is 0. The van der Waals surface area contributed by atoms with Gasteiger partial charge in [-0.2, -0.15) is 0 Å². The fourth-order valence-corrected chi connectivity index (χ4v) is 4.58. The van der Waals surface area contributed by atoms with Gasteiger partial charge in [-0.05, 0) is 88.3 Å². The van der Waals surface area contributed by atoms with Gasteiger partial charge in [0.15, 0.2) is 11.3 Å². The van der Waals surface area contributed by atoms with Crippen molar-refractivity contribution in [1.29, 1.82) is 0 Å². The molecule has 0 atom stereocenters. The van der Waals surface area contributed by atoms with Gasteiger partial charge in [-0.1, -0.05) is 0 Å². The van der Waals surface area contributed by atoms with E-state index < -0.39 is 0 Å². The Kier molecular flexibility index (Phi) is 3.97. The Labute approximate surface area is 153 Å². The highest BCUT2D eigenvalue weighted by Gasteiger charge is 2.22. The number of phenols is 1. The molecule has 0 unspecified atom stereocenters. The van der Waals surface area contributed by atoms with Crippen molar-refractivity contribution in [2.24, 2.45) is 0 Å². The number of phenolic OH excluding ortho intramolecular Hbond substituents is 1. The third-order valence-electron chi connectivity index (χ3n) is 3.29. The van der Waals surface area contributed by atoms with E-state index in [9.17, 15) is 9.90 Å². The van der Waals surface area contributed by atoms with Crippen LogP contribution in [-0.4, -0.2) is 5.11 Å². The van der Waals surface area contributed by atoms with Crippen LogP contribution in [0.3, 0.4) is 0 Å². The Bertz CT molecular complexity index is 930. The van der Waals surface area contributed by atoms with Crippen LogP contribution in [0.25, 0.3) is 22.3 Å². The van der Waals surface area contributed by atoms with Gasteiger partial charge < -0.3 is 9.52 Å². The first-order valence-corrected chi connectivity index (χ1v) is 8.92. The van der Waals surface area contributed by atoms with Crippen LogP contribution < -0.4 is 5.43 Å². The number of hydrogen-bond acceptors (Lipinski definition) is 3. The number of fused-ring (bicyclic) bond motifs is 2. The van der Waals surface area contributed by atoms with Crippen molar-refractivity contribution in [2.45, 2.75) is 6.92 Å². The molecule has 1 heterocycles. The van der Waals surface area contributed by atoms with E-state index in [-0.39, 0.29) is 11.2 Å². The fourth-order valence-electron chi connectivity index (χ4n) is 2.18. The van der Waals surface area contributed by atoms with Gasteiger partial charge in [-0.3, -0.25) is 4.79 Å². The van der Waals surface area contributed by atoms with E-state index in [0.29, 0.717) is 29.2 Å². The van der Waals surface area contributed by atoms with Crippen LogP contribution in [0.1, 0.15) is 5.56 Å². The van der Waals surface area contributed by atoms with Gasteiger partial charge in [0.1, 0.15) is 14.7 Å². The fraction of sp³-hybridized carbons (Fsp3) is 0.0714. The molecule has 1 N–H and O–H groups in total. The van der Waals surface area contributed by atoms with Crippen molar-refractivity contribution in [3.8, 4) is 17.1 Å². The molecule has 3 rings (SSSR count). The summed E-state index contributed by atoms with van der Waals surface area (Å²) in [5.74, 6) is 0.510. The topological polar surface area (TPSA) is 50.4 Å². The number of benzene rings is 2. The van der Waals surface area contributed by atoms with Gasteiger partial charge in [0.2, 0.25) is 5.43 Å². The van der Waals surface area contributed by atoms with E-state index >= 15 is 0 Å². The van der Waals surface area contributed by atoms with Crippen molar-refractivity contribution in [3.63, 3.8) is 0 Å². The van der Waals surface area contributed by atoms with Crippen LogP contribution in [0.2, 0.25) is 0 Å². The number of aryl methyl sites for hydroxylation is 1. The maximum atomic E-state index is 12.0. The lowest BCUT2D eigenvalue weighted by Gasteiger charge is -2.15. The zero-order valence-electron chi connectivity index (χ0n) is 10.4. The van der Waals surface area contributed by atoms with Crippen LogP contribution in [0.5, 0.6) is 5.75 Å². The Morgan fingerprint density at radius 1 is 1.05 bits per heavy atom. The molecule has 0 saturated heterocycles. The molecule has 21 heavy (non-hydrogen) atoms. The van der Waals surface area contributed by atoms with Crippen molar-refractivity contribution in [3.05, 3.63) is 45.8 Å². The third kappa shape index (κ3) is 2.29. The molecule has 1 aliphatic heterocycles. The molecule has 0 bridgehead atoms. The summed E-state index contributed by atoms with van der Waals surface area (Å²) in [6.07, 6.45) is 0. The monoisotopic (exact) mass is 538 g/mol. The first-order valence-electron chi connectivity index (χ1n) is 5.75. The zero-order valence-corrected chi connectivity index (χ0v) is 16.8. The van der Waals surface area contributed by atoms with Crippen LogP contribution >= 0.6 is 63.7 Å². The summed E-state index contributed by atoms with van der Waals surface area (Å²) >= 11 is 13.2. The Morgan fingerprint density at radius 2 is 1.71 bits per heavy atom. The van der Waals surface area contributed by atoms with E-state index in [0.717, 1.165) is 16.5 Å².